The van der Waals surface area contributed by atoms with Gasteiger partial charge >= 0.3 is 0 Å². The van der Waals surface area contributed by atoms with Crippen molar-refractivity contribution in [3.63, 3.8) is 0 Å². The minimum atomic E-state index is -0.0143. The second kappa shape index (κ2) is 4.61. The molecule has 0 spiro atoms. The summed E-state index contributed by atoms with van der Waals surface area (Å²) >= 11 is 0. The van der Waals surface area contributed by atoms with Gasteiger partial charge in [-0.3, -0.25) is 0 Å². The summed E-state index contributed by atoms with van der Waals surface area (Å²) in [6.07, 6.45) is 3.19. The standard InChI is InChI=1S/C11H11NO3/c13-7-9-3-4-12-11(6-9)15-8-10-2-1-5-14-10/h1-6,13H,7-8H2. The van der Waals surface area contributed by atoms with E-state index < -0.39 is 0 Å². The number of ether oxygens (including phenoxy) is 1. The van der Waals surface area contributed by atoms with E-state index in [1.807, 2.05) is 6.07 Å². The zero-order valence-electron chi connectivity index (χ0n) is 8.09. The molecule has 0 saturated carbocycles. The molecule has 0 unspecified atom stereocenters. The van der Waals surface area contributed by atoms with Crippen molar-refractivity contribution in [3.05, 3.63) is 48.0 Å². The number of pyridine rings is 1. The molecule has 0 saturated heterocycles. The lowest BCUT2D eigenvalue weighted by molar-refractivity contribution is 0.256. The average Bonchev–Trinajstić information content (AvgIpc) is 2.79. The van der Waals surface area contributed by atoms with E-state index in [9.17, 15) is 0 Å². The first-order valence-corrected chi connectivity index (χ1v) is 4.59. The van der Waals surface area contributed by atoms with Crippen LogP contribution in [0.2, 0.25) is 0 Å². The second-order valence-electron chi connectivity index (χ2n) is 3.03. The highest BCUT2D eigenvalue weighted by Gasteiger charge is 2.00. The van der Waals surface area contributed by atoms with Crippen molar-refractivity contribution in [2.45, 2.75) is 13.2 Å². The molecule has 0 aliphatic heterocycles. The second-order valence-corrected chi connectivity index (χ2v) is 3.03. The third-order valence-electron chi connectivity index (χ3n) is 1.92. The van der Waals surface area contributed by atoms with E-state index in [1.165, 1.54) is 0 Å². The molecule has 0 fully saturated rings. The molecule has 15 heavy (non-hydrogen) atoms. The SMILES string of the molecule is OCc1ccnc(OCc2ccco2)c1. The Kier molecular flexibility index (Phi) is 2.99. The first-order valence-electron chi connectivity index (χ1n) is 4.59. The summed E-state index contributed by atoms with van der Waals surface area (Å²) in [5.41, 5.74) is 0.777. The van der Waals surface area contributed by atoms with Gasteiger partial charge in [-0.2, -0.15) is 0 Å². The van der Waals surface area contributed by atoms with Gasteiger partial charge in [-0.05, 0) is 23.8 Å². The van der Waals surface area contributed by atoms with Crippen LogP contribution in [0.1, 0.15) is 11.3 Å². The maximum absolute atomic E-state index is 8.91. The summed E-state index contributed by atoms with van der Waals surface area (Å²) in [5, 5.41) is 8.91. The molecule has 0 bridgehead atoms. The molecule has 0 aliphatic rings. The molecule has 0 atom stereocenters. The summed E-state index contributed by atoms with van der Waals surface area (Å²) in [7, 11) is 0. The summed E-state index contributed by atoms with van der Waals surface area (Å²) < 4.78 is 10.5. The van der Waals surface area contributed by atoms with Gasteiger partial charge in [-0.15, -0.1) is 0 Å². The first kappa shape index (κ1) is 9.73. The third-order valence-corrected chi connectivity index (χ3v) is 1.92. The van der Waals surface area contributed by atoms with Gasteiger partial charge in [0.25, 0.3) is 0 Å². The molecule has 2 aromatic rings. The molecule has 78 valence electrons. The van der Waals surface area contributed by atoms with Gasteiger partial charge in [0, 0.05) is 12.3 Å². The fourth-order valence-corrected chi connectivity index (χ4v) is 1.17. The van der Waals surface area contributed by atoms with Crippen LogP contribution in [0.25, 0.3) is 0 Å². The Bertz CT molecular complexity index is 412. The van der Waals surface area contributed by atoms with Crippen LogP contribution in [-0.4, -0.2) is 10.1 Å². The van der Waals surface area contributed by atoms with Crippen LogP contribution >= 0.6 is 0 Å². The maximum atomic E-state index is 8.91. The minimum Gasteiger partial charge on any atom is -0.469 e. The van der Waals surface area contributed by atoms with Crippen LogP contribution in [0.4, 0.5) is 0 Å². The van der Waals surface area contributed by atoms with Gasteiger partial charge in [-0.25, -0.2) is 4.98 Å². The van der Waals surface area contributed by atoms with Crippen LogP contribution in [0.15, 0.2) is 41.1 Å². The van der Waals surface area contributed by atoms with Crippen LogP contribution in [-0.2, 0) is 13.2 Å². The van der Waals surface area contributed by atoms with E-state index in [0.29, 0.717) is 12.5 Å². The van der Waals surface area contributed by atoms with E-state index in [1.54, 1.807) is 30.7 Å². The van der Waals surface area contributed by atoms with Crippen molar-refractivity contribution in [2.24, 2.45) is 0 Å². The Morgan fingerprint density at radius 2 is 2.33 bits per heavy atom. The number of furan rings is 1. The molecular formula is C11H11NO3. The van der Waals surface area contributed by atoms with Crippen LogP contribution in [0.5, 0.6) is 5.88 Å². The Morgan fingerprint density at radius 3 is 3.07 bits per heavy atom. The van der Waals surface area contributed by atoms with Crippen molar-refractivity contribution in [1.82, 2.24) is 4.98 Å². The van der Waals surface area contributed by atoms with E-state index in [4.69, 9.17) is 14.3 Å². The highest BCUT2D eigenvalue weighted by molar-refractivity contribution is 5.19. The number of aromatic nitrogens is 1. The average molecular weight is 205 g/mol. The van der Waals surface area contributed by atoms with E-state index >= 15 is 0 Å². The van der Waals surface area contributed by atoms with E-state index in [0.717, 1.165) is 11.3 Å². The number of nitrogens with zero attached hydrogens (tertiary/aromatic N) is 1. The lowest BCUT2D eigenvalue weighted by Gasteiger charge is -2.03. The summed E-state index contributed by atoms with van der Waals surface area (Å²) in [6, 6.07) is 7.06. The number of rotatable bonds is 4. The zero-order chi connectivity index (χ0) is 10.5. The lowest BCUT2D eigenvalue weighted by Crippen LogP contribution is -1.96. The van der Waals surface area contributed by atoms with Gasteiger partial charge in [0.2, 0.25) is 5.88 Å². The van der Waals surface area contributed by atoms with Gasteiger partial charge < -0.3 is 14.3 Å². The van der Waals surface area contributed by atoms with E-state index in [-0.39, 0.29) is 6.61 Å². The number of hydrogen-bond acceptors (Lipinski definition) is 4. The predicted molar refractivity (Wildman–Crippen MR) is 53.2 cm³/mol. The topological polar surface area (TPSA) is 55.5 Å². The Hall–Kier alpha value is -1.81. The van der Waals surface area contributed by atoms with Crippen molar-refractivity contribution in [1.29, 1.82) is 0 Å². The molecular weight excluding hydrogens is 194 g/mol. The number of hydrogen-bond donors (Lipinski definition) is 1. The normalized spacial score (nSPS) is 10.2. The fraction of sp³-hybridized carbons (Fsp3) is 0.182. The molecule has 2 heterocycles. The van der Waals surface area contributed by atoms with Crippen molar-refractivity contribution in [2.75, 3.05) is 0 Å². The molecule has 4 heteroatoms. The summed E-state index contributed by atoms with van der Waals surface area (Å²) in [5.74, 6) is 1.23. The molecule has 2 rings (SSSR count). The Balaban J connectivity index is 1.98. The third kappa shape index (κ3) is 2.57. The van der Waals surface area contributed by atoms with Crippen LogP contribution < -0.4 is 4.74 Å². The molecule has 0 radical (unpaired) electrons. The van der Waals surface area contributed by atoms with Gasteiger partial charge in [0.1, 0.15) is 12.4 Å². The van der Waals surface area contributed by atoms with Crippen molar-refractivity contribution < 1.29 is 14.3 Å². The van der Waals surface area contributed by atoms with Gasteiger partial charge in [0.05, 0.1) is 12.9 Å². The first-order chi connectivity index (χ1) is 7.38. The zero-order valence-corrected chi connectivity index (χ0v) is 8.09. The van der Waals surface area contributed by atoms with Gasteiger partial charge in [-0.1, -0.05) is 0 Å². The lowest BCUT2D eigenvalue weighted by atomic mass is 10.3. The van der Waals surface area contributed by atoms with Gasteiger partial charge in [0.15, 0.2) is 0 Å². The van der Waals surface area contributed by atoms with E-state index in [2.05, 4.69) is 4.98 Å². The quantitative estimate of drug-likeness (QED) is 0.826. The summed E-state index contributed by atoms with van der Waals surface area (Å²) in [6.45, 7) is 0.328. The molecule has 0 aromatic carbocycles. The Labute approximate surface area is 87.1 Å². The smallest absolute Gasteiger partial charge is 0.213 e. The Morgan fingerprint density at radius 1 is 1.40 bits per heavy atom. The van der Waals surface area contributed by atoms with Crippen molar-refractivity contribution in [3.8, 4) is 5.88 Å². The van der Waals surface area contributed by atoms with Crippen LogP contribution in [0.3, 0.4) is 0 Å². The molecule has 0 aliphatic carbocycles. The largest absolute Gasteiger partial charge is 0.469 e. The predicted octanol–water partition coefficient (Wildman–Crippen LogP) is 1.75. The maximum Gasteiger partial charge on any atom is 0.213 e. The minimum absolute atomic E-state index is 0.0143. The number of aliphatic hydroxyl groups excluding tert-OH is 1. The van der Waals surface area contributed by atoms with Crippen LogP contribution in [0, 0.1) is 0 Å². The fourth-order valence-electron chi connectivity index (χ4n) is 1.17. The molecule has 0 amide bonds. The monoisotopic (exact) mass is 205 g/mol. The van der Waals surface area contributed by atoms with Crippen molar-refractivity contribution >= 4 is 0 Å². The highest BCUT2D eigenvalue weighted by atomic mass is 16.5. The molecule has 1 N–H and O–H groups in total. The highest BCUT2D eigenvalue weighted by Crippen LogP contribution is 2.11. The molecule has 4 nitrogen and oxygen atoms in total. The number of aliphatic hydroxyl groups is 1. The summed E-state index contributed by atoms with van der Waals surface area (Å²) in [4.78, 5) is 4.01. The molecule has 2 aromatic heterocycles.